The molecule has 2 aromatic rings. The Morgan fingerprint density at radius 2 is 2.17 bits per heavy atom. The molecule has 0 bridgehead atoms. The topological polar surface area (TPSA) is 64.9 Å². The molecule has 0 radical (unpaired) electrons. The van der Waals surface area contributed by atoms with Crippen LogP contribution in [0.4, 0.5) is 5.69 Å². The second-order valence-corrected chi connectivity index (χ2v) is 5.09. The van der Waals surface area contributed by atoms with Crippen molar-refractivity contribution < 1.29 is 4.52 Å². The van der Waals surface area contributed by atoms with Gasteiger partial charge in [-0.2, -0.15) is 4.98 Å². The Labute approximate surface area is 111 Å². The molecule has 0 aliphatic rings. The molecule has 0 amide bonds. The molecule has 18 heavy (non-hydrogen) atoms. The van der Waals surface area contributed by atoms with Crippen molar-refractivity contribution in [2.45, 2.75) is 26.7 Å². The number of aromatic nitrogens is 2. The highest BCUT2D eigenvalue weighted by Gasteiger charge is 2.10. The molecule has 2 N–H and O–H groups in total. The van der Waals surface area contributed by atoms with E-state index in [0.29, 0.717) is 22.5 Å². The maximum Gasteiger partial charge on any atom is 0.257 e. The molecule has 0 aliphatic carbocycles. The van der Waals surface area contributed by atoms with Gasteiger partial charge < -0.3 is 10.3 Å². The van der Waals surface area contributed by atoms with Gasteiger partial charge in [-0.1, -0.05) is 30.6 Å². The highest BCUT2D eigenvalue weighted by Crippen LogP contribution is 2.25. The summed E-state index contributed by atoms with van der Waals surface area (Å²) < 4.78 is 5.22. The van der Waals surface area contributed by atoms with Crippen LogP contribution in [0, 0.1) is 5.92 Å². The van der Waals surface area contributed by atoms with E-state index in [9.17, 15) is 0 Å². The summed E-state index contributed by atoms with van der Waals surface area (Å²) in [5.41, 5.74) is 7.04. The molecule has 1 aromatic heterocycles. The smallest absolute Gasteiger partial charge is 0.257 e. The van der Waals surface area contributed by atoms with E-state index >= 15 is 0 Å². The Bertz CT molecular complexity index is 537. The number of hydrogen-bond donors (Lipinski definition) is 1. The van der Waals surface area contributed by atoms with Gasteiger partial charge in [0.2, 0.25) is 0 Å². The lowest BCUT2D eigenvalue weighted by Gasteiger charge is -1.99. The second kappa shape index (κ2) is 5.40. The van der Waals surface area contributed by atoms with Gasteiger partial charge in [0.25, 0.3) is 5.89 Å². The standard InChI is InChI=1S/C13H16ClN3O/c1-8(2)3-6-12-16-13(18-17-12)9-4-5-10(14)11(15)7-9/h4-5,7-8H,3,6,15H2,1-2H3. The number of hydrogen-bond acceptors (Lipinski definition) is 4. The van der Waals surface area contributed by atoms with E-state index in [-0.39, 0.29) is 0 Å². The molecule has 0 saturated heterocycles. The van der Waals surface area contributed by atoms with Crippen LogP contribution < -0.4 is 5.73 Å². The van der Waals surface area contributed by atoms with E-state index in [0.717, 1.165) is 24.2 Å². The van der Waals surface area contributed by atoms with Crippen LogP contribution >= 0.6 is 11.6 Å². The minimum atomic E-state index is 0.483. The number of nitrogen functional groups attached to an aromatic ring is 1. The minimum absolute atomic E-state index is 0.483. The molecule has 1 heterocycles. The van der Waals surface area contributed by atoms with Gasteiger partial charge in [-0.05, 0) is 30.5 Å². The highest BCUT2D eigenvalue weighted by atomic mass is 35.5. The van der Waals surface area contributed by atoms with Crippen molar-refractivity contribution >= 4 is 17.3 Å². The third kappa shape index (κ3) is 3.01. The molecule has 96 valence electrons. The van der Waals surface area contributed by atoms with E-state index < -0.39 is 0 Å². The van der Waals surface area contributed by atoms with E-state index in [4.69, 9.17) is 21.9 Å². The fourth-order valence-corrected chi connectivity index (χ4v) is 1.68. The first-order chi connectivity index (χ1) is 8.56. The summed E-state index contributed by atoms with van der Waals surface area (Å²) in [5, 5.41) is 4.48. The SMILES string of the molecule is CC(C)CCc1noc(-c2ccc(Cl)c(N)c2)n1. The lowest BCUT2D eigenvalue weighted by molar-refractivity contribution is 0.419. The number of nitrogens with two attached hydrogens (primary N) is 1. The summed E-state index contributed by atoms with van der Waals surface area (Å²) in [6.07, 6.45) is 1.87. The maximum atomic E-state index is 5.87. The van der Waals surface area contributed by atoms with Crippen LogP contribution in [-0.4, -0.2) is 10.1 Å². The first-order valence-electron chi connectivity index (χ1n) is 5.94. The van der Waals surface area contributed by atoms with Crippen molar-refractivity contribution in [3.63, 3.8) is 0 Å². The van der Waals surface area contributed by atoms with Crippen LogP contribution in [-0.2, 0) is 6.42 Å². The van der Waals surface area contributed by atoms with Gasteiger partial charge in [-0.15, -0.1) is 0 Å². The molecule has 4 nitrogen and oxygen atoms in total. The average Bonchev–Trinajstić information content (AvgIpc) is 2.79. The fraction of sp³-hybridized carbons (Fsp3) is 0.385. The average molecular weight is 266 g/mol. The largest absolute Gasteiger partial charge is 0.398 e. The van der Waals surface area contributed by atoms with Crippen LogP contribution in [0.1, 0.15) is 26.1 Å². The van der Waals surface area contributed by atoms with Gasteiger partial charge in [-0.25, -0.2) is 0 Å². The summed E-state index contributed by atoms with van der Waals surface area (Å²) in [6, 6.07) is 5.28. The predicted molar refractivity (Wildman–Crippen MR) is 72.3 cm³/mol. The van der Waals surface area contributed by atoms with E-state index in [2.05, 4.69) is 24.0 Å². The monoisotopic (exact) mass is 265 g/mol. The van der Waals surface area contributed by atoms with Crippen molar-refractivity contribution in [2.75, 3.05) is 5.73 Å². The third-order valence-electron chi connectivity index (χ3n) is 2.66. The lowest BCUT2D eigenvalue weighted by Crippen LogP contribution is -1.94. The molecular weight excluding hydrogens is 250 g/mol. The van der Waals surface area contributed by atoms with Gasteiger partial charge in [-0.3, -0.25) is 0 Å². The molecular formula is C13H16ClN3O. The zero-order valence-corrected chi connectivity index (χ0v) is 11.2. The van der Waals surface area contributed by atoms with Crippen LogP contribution in [0.25, 0.3) is 11.5 Å². The summed E-state index contributed by atoms with van der Waals surface area (Å²) >= 11 is 5.87. The highest BCUT2D eigenvalue weighted by molar-refractivity contribution is 6.33. The molecule has 0 atom stereocenters. The Kier molecular flexibility index (Phi) is 3.87. The summed E-state index contributed by atoms with van der Waals surface area (Å²) in [7, 11) is 0. The zero-order valence-electron chi connectivity index (χ0n) is 10.5. The first kappa shape index (κ1) is 12.9. The van der Waals surface area contributed by atoms with Crippen molar-refractivity contribution in [3.8, 4) is 11.5 Å². The van der Waals surface area contributed by atoms with E-state index in [1.165, 1.54) is 0 Å². The number of halogens is 1. The van der Waals surface area contributed by atoms with Crippen LogP contribution in [0.2, 0.25) is 5.02 Å². The normalized spacial score (nSPS) is 11.1. The minimum Gasteiger partial charge on any atom is -0.398 e. The number of nitrogens with zero attached hydrogens (tertiary/aromatic N) is 2. The Hall–Kier alpha value is -1.55. The van der Waals surface area contributed by atoms with Crippen molar-refractivity contribution in [1.29, 1.82) is 0 Å². The van der Waals surface area contributed by atoms with Crippen LogP contribution in [0.5, 0.6) is 0 Å². The molecule has 0 unspecified atom stereocenters. The van der Waals surface area contributed by atoms with Gasteiger partial charge in [0.1, 0.15) is 0 Å². The van der Waals surface area contributed by atoms with Crippen LogP contribution in [0.3, 0.4) is 0 Å². The third-order valence-corrected chi connectivity index (χ3v) is 3.00. The summed E-state index contributed by atoms with van der Waals surface area (Å²) in [6.45, 7) is 4.34. The molecule has 2 rings (SSSR count). The van der Waals surface area contributed by atoms with Crippen molar-refractivity contribution in [1.82, 2.24) is 10.1 Å². The molecule has 0 aliphatic heterocycles. The number of anilines is 1. The van der Waals surface area contributed by atoms with Crippen molar-refractivity contribution in [2.24, 2.45) is 5.92 Å². The maximum absolute atomic E-state index is 5.87. The Morgan fingerprint density at radius 3 is 2.83 bits per heavy atom. The number of rotatable bonds is 4. The fourth-order valence-electron chi connectivity index (χ4n) is 1.57. The van der Waals surface area contributed by atoms with Crippen LogP contribution in [0.15, 0.2) is 22.7 Å². The molecule has 5 heteroatoms. The predicted octanol–water partition coefficient (Wildman–Crippen LogP) is 3.56. The molecule has 0 spiro atoms. The summed E-state index contributed by atoms with van der Waals surface area (Å²) in [5.74, 6) is 1.84. The molecule has 1 aromatic carbocycles. The Balaban J connectivity index is 2.16. The number of aryl methyl sites for hydroxylation is 1. The molecule has 0 fully saturated rings. The molecule has 0 saturated carbocycles. The number of benzene rings is 1. The lowest BCUT2D eigenvalue weighted by atomic mass is 10.1. The van der Waals surface area contributed by atoms with Crippen molar-refractivity contribution in [3.05, 3.63) is 29.0 Å². The first-order valence-corrected chi connectivity index (χ1v) is 6.32. The quantitative estimate of drug-likeness (QED) is 0.859. The van der Waals surface area contributed by atoms with Gasteiger partial charge in [0.05, 0.1) is 10.7 Å². The zero-order chi connectivity index (χ0) is 13.1. The van der Waals surface area contributed by atoms with E-state index in [1.54, 1.807) is 12.1 Å². The van der Waals surface area contributed by atoms with Gasteiger partial charge >= 0.3 is 0 Å². The second-order valence-electron chi connectivity index (χ2n) is 4.68. The summed E-state index contributed by atoms with van der Waals surface area (Å²) in [4.78, 5) is 4.35. The Morgan fingerprint density at radius 1 is 1.39 bits per heavy atom. The van der Waals surface area contributed by atoms with Gasteiger partial charge in [0.15, 0.2) is 5.82 Å². The van der Waals surface area contributed by atoms with E-state index in [1.807, 2.05) is 6.07 Å². The van der Waals surface area contributed by atoms with Gasteiger partial charge in [0, 0.05) is 12.0 Å².